The number of aliphatic hydroxyl groups is 5. The number of rotatable bonds is 12. The smallest absolute Gasteiger partial charge is 0.327 e. The number of imidazole rings is 1. The Morgan fingerprint density at radius 3 is 2.40 bits per heavy atom. The van der Waals surface area contributed by atoms with E-state index in [2.05, 4.69) is 9.97 Å². The number of carboxylic acid groups (broad SMARTS) is 1. The van der Waals surface area contributed by atoms with Crippen molar-refractivity contribution >= 4 is 23.6 Å². The monoisotopic (exact) mass is 717 g/mol. The molecule has 3 heterocycles. The van der Waals surface area contributed by atoms with Crippen molar-refractivity contribution in [3.05, 3.63) is 107 Å². The Morgan fingerprint density at radius 2 is 1.71 bits per heavy atom. The van der Waals surface area contributed by atoms with Gasteiger partial charge >= 0.3 is 5.97 Å². The van der Waals surface area contributed by atoms with Gasteiger partial charge in [0.2, 0.25) is 6.29 Å². The molecule has 0 bridgehead atoms. The van der Waals surface area contributed by atoms with Crippen LogP contribution < -0.4 is 9.64 Å². The Balaban J connectivity index is 1.35. The molecule has 52 heavy (non-hydrogen) atoms. The molecule has 0 spiro atoms. The van der Waals surface area contributed by atoms with E-state index >= 15 is 0 Å². The number of hydrogen-bond acceptors (Lipinski definition) is 12. The molecular formula is C37H39N3O12. The van der Waals surface area contributed by atoms with Crippen LogP contribution in [0.15, 0.2) is 73.2 Å². The normalized spacial score (nSPS) is 24.2. The summed E-state index contributed by atoms with van der Waals surface area (Å²) in [6.45, 7) is -0.946. The number of aliphatic hydroxyl groups excluding tert-OH is 5. The molecule has 1 saturated heterocycles. The van der Waals surface area contributed by atoms with Crippen molar-refractivity contribution in [1.29, 1.82) is 0 Å². The number of aliphatic carboxylic acids is 1. The molecule has 0 saturated carbocycles. The molecule has 1 fully saturated rings. The zero-order valence-electron chi connectivity index (χ0n) is 27.7. The summed E-state index contributed by atoms with van der Waals surface area (Å²) >= 11 is 0. The number of phenolic OH excluding ortho intramolecular Hbond substituents is 2. The standard InChI is InChI=1S/C37H39N3O12/c41-16-21-4-2-1-3-20(21)7-8-24-25-13-28(44)29(51-37-35(48)34(47)33(46)30(17-42)52-37)14-26(25)40(32(24)36(49)50)31(45)10-6-19-5-9-27(43)22(11-19)12-23-15-38-18-39-23/h1-6,9-11,13-15,18,24,30,32-35,37,41-44,46-48H,7-8,12,16-17H2,(H,38,39)(H,49,50). The number of aryl methyl sites for hydroxylation is 1. The number of carboxylic acids is 1. The number of ether oxygens (including phenoxy) is 2. The van der Waals surface area contributed by atoms with Gasteiger partial charge in [-0.15, -0.1) is 0 Å². The lowest BCUT2D eigenvalue weighted by atomic mass is 9.87. The van der Waals surface area contributed by atoms with Crippen LogP contribution in [0.3, 0.4) is 0 Å². The minimum atomic E-state index is -1.80. The number of aromatic nitrogens is 2. The molecule has 15 nitrogen and oxygen atoms in total. The van der Waals surface area contributed by atoms with Gasteiger partial charge in [0.1, 0.15) is 36.2 Å². The van der Waals surface area contributed by atoms with Crippen molar-refractivity contribution in [3.8, 4) is 17.2 Å². The summed E-state index contributed by atoms with van der Waals surface area (Å²) in [4.78, 5) is 35.1. The Labute approximate surface area is 297 Å². The second kappa shape index (κ2) is 15.5. The molecule has 2 aliphatic heterocycles. The predicted octanol–water partition coefficient (Wildman–Crippen LogP) is 1.31. The molecule has 2 aliphatic rings. The SMILES string of the molecule is O=C(O)C1C(CCc2ccccc2CO)c2cc(O)c(OC3OC(CO)C(O)C(O)C3O)cc2N1C(=O)C=Cc1ccc(O)c(Cc2cnc[nH]2)c1. The zero-order chi connectivity index (χ0) is 37.1. The largest absolute Gasteiger partial charge is 0.508 e. The minimum absolute atomic E-state index is 0.0369. The lowest BCUT2D eigenvalue weighted by Gasteiger charge is -2.39. The van der Waals surface area contributed by atoms with Crippen LogP contribution in [0, 0.1) is 0 Å². The van der Waals surface area contributed by atoms with Gasteiger partial charge in [-0.3, -0.25) is 9.69 Å². The van der Waals surface area contributed by atoms with Gasteiger partial charge < -0.3 is 55.3 Å². The highest BCUT2D eigenvalue weighted by Crippen LogP contribution is 2.49. The quantitative estimate of drug-likeness (QED) is 0.0940. The number of hydrogen-bond donors (Lipinski definition) is 9. The molecule has 9 N–H and O–H groups in total. The Hall–Kier alpha value is -5.29. The molecule has 0 aliphatic carbocycles. The van der Waals surface area contributed by atoms with Crippen molar-refractivity contribution in [2.75, 3.05) is 11.5 Å². The van der Waals surface area contributed by atoms with E-state index in [1.807, 2.05) is 6.07 Å². The first-order chi connectivity index (χ1) is 25.0. The third kappa shape index (κ3) is 7.36. The fourth-order valence-corrected chi connectivity index (χ4v) is 6.77. The lowest BCUT2D eigenvalue weighted by molar-refractivity contribution is -0.277. The second-order valence-electron chi connectivity index (χ2n) is 12.7. The Morgan fingerprint density at radius 1 is 0.942 bits per heavy atom. The molecule has 3 aromatic carbocycles. The lowest BCUT2D eigenvalue weighted by Crippen LogP contribution is -2.60. The first-order valence-corrected chi connectivity index (χ1v) is 16.6. The van der Waals surface area contributed by atoms with Crippen molar-refractivity contribution in [2.24, 2.45) is 0 Å². The number of aromatic hydroxyl groups is 2. The van der Waals surface area contributed by atoms with Crippen LogP contribution in [0.2, 0.25) is 0 Å². The van der Waals surface area contributed by atoms with Gasteiger partial charge in [0, 0.05) is 41.9 Å². The van der Waals surface area contributed by atoms with E-state index in [0.717, 1.165) is 16.2 Å². The summed E-state index contributed by atoms with van der Waals surface area (Å²) in [7, 11) is 0. The number of nitrogens with zero attached hydrogens (tertiary/aromatic N) is 2. The average Bonchev–Trinajstić information content (AvgIpc) is 3.77. The van der Waals surface area contributed by atoms with Crippen LogP contribution in [0.4, 0.5) is 5.69 Å². The summed E-state index contributed by atoms with van der Waals surface area (Å²) in [5.41, 5.74) is 3.71. The summed E-state index contributed by atoms with van der Waals surface area (Å²) in [5.74, 6) is -3.66. The highest BCUT2D eigenvalue weighted by molar-refractivity contribution is 6.09. The second-order valence-corrected chi connectivity index (χ2v) is 12.7. The molecule has 15 heteroatoms. The van der Waals surface area contributed by atoms with Gasteiger partial charge in [-0.25, -0.2) is 9.78 Å². The van der Waals surface area contributed by atoms with E-state index in [1.165, 1.54) is 36.7 Å². The number of phenols is 2. The molecule has 1 amide bonds. The molecule has 1 aromatic heterocycles. The van der Waals surface area contributed by atoms with Crippen LogP contribution in [0.1, 0.15) is 45.8 Å². The van der Waals surface area contributed by atoms with E-state index in [0.29, 0.717) is 35.1 Å². The van der Waals surface area contributed by atoms with E-state index < -0.39 is 66.9 Å². The van der Waals surface area contributed by atoms with Gasteiger partial charge in [0.05, 0.1) is 25.2 Å². The first-order valence-electron chi connectivity index (χ1n) is 16.6. The third-order valence-electron chi connectivity index (χ3n) is 9.48. The molecule has 4 aromatic rings. The van der Waals surface area contributed by atoms with Crippen LogP contribution in [0.25, 0.3) is 6.08 Å². The van der Waals surface area contributed by atoms with Crippen molar-refractivity contribution in [1.82, 2.24) is 9.97 Å². The molecule has 0 radical (unpaired) electrons. The average molecular weight is 718 g/mol. The van der Waals surface area contributed by atoms with E-state index in [-0.39, 0.29) is 30.2 Å². The van der Waals surface area contributed by atoms with Crippen LogP contribution in [-0.2, 0) is 33.8 Å². The maximum atomic E-state index is 14.0. The van der Waals surface area contributed by atoms with Gasteiger partial charge in [-0.1, -0.05) is 30.3 Å². The van der Waals surface area contributed by atoms with Crippen LogP contribution in [0.5, 0.6) is 17.2 Å². The number of carbonyl (C=O) groups excluding carboxylic acids is 1. The number of benzene rings is 3. The third-order valence-corrected chi connectivity index (χ3v) is 9.48. The zero-order valence-corrected chi connectivity index (χ0v) is 27.7. The molecule has 7 atom stereocenters. The predicted molar refractivity (Wildman–Crippen MR) is 183 cm³/mol. The Bertz CT molecular complexity index is 1930. The summed E-state index contributed by atoms with van der Waals surface area (Å²) in [6.07, 6.45) is -1.51. The number of anilines is 1. The van der Waals surface area contributed by atoms with Crippen molar-refractivity contribution < 1.29 is 59.9 Å². The minimum Gasteiger partial charge on any atom is -0.508 e. The highest BCUT2D eigenvalue weighted by Gasteiger charge is 2.48. The highest BCUT2D eigenvalue weighted by atomic mass is 16.7. The fourth-order valence-electron chi connectivity index (χ4n) is 6.77. The first kappa shape index (κ1) is 36.5. The molecular weight excluding hydrogens is 678 g/mol. The number of fused-ring (bicyclic) bond motifs is 1. The summed E-state index contributed by atoms with van der Waals surface area (Å²) in [6, 6.07) is 13.0. The van der Waals surface area contributed by atoms with E-state index in [4.69, 9.17) is 9.47 Å². The van der Waals surface area contributed by atoms with Crippen molar-refractivity contribution in [3.63, 3.8) is 0 Å². The van der Waals surface area contributed by atoms with Crippen LogP contribution in [-0.4, -0.2) is 106 Å². The number of H-pyrrole nitrogens is 1. The number of amides is 1. The van der Waals surface area contributed by atoms with E-state index in [1.54, 1.807) is 36.5 Å². The summed E-state index contributed by atoms with van der Waals surface area (Å²) in [5, 5.41) is 82.6. The molecule has 274 valence electrons. The number of aromatic amines is 1. The topological polar surface area (TPSA) is 246 Å². The van der Waals surface area contributed by atoms with Gasteiger partial charge in [-0.2, -0.15) is 0 Å². The van der Waals surface area contributed by atoms with Gasteiger partial charge in [0.25, 0.3) is 5.91 Å². The number of nitrogens with one attached hydrogen (secondary N) is 1. The van der Waals surface area contributed by atoms with Gasteiger partial charge in [-0.05, 0) is 59.4 Å². The maximum absolute atomic E-state index is 14.0. The van der Waals surface area contributed by atoms with E-state index in [9.17, 15) is 50.4 Å². The molecule has 7 unspecified atom stereocenters. The fraction of sp³-hybridized carbons (Fsp3) is 0.324. The number of carbonyl (C=O) groups is 2. The molecule has 6 rings (SSSR count). The van der Waals surface area contributed by atoms with Gasteiger partial charge in [0.15, 0.2) is 11.5 Å². The van der Waals surface area contributed by atoms with Crippen molar-refractivity contribution in [2.45, 2.75) is 68.5 Å². The maximum Gasteiger partial charge on any atom is 0.327 e. The van der Waals surface area contributed by atoms with Crippen LogP contribution >= 0.6 is 0 Å². The summed E-state index contributed by atoms with van der Waals surface area (Å²) < 4.78 is 11.2. The Kier molecular flexibility index (Phi) is 10.9.